The molecule has 0 fully saturated rings. The van der Waals surface area contributed by atoms with Crippen molar-refractivity contribution in [2.45, 2.75) is 6.18 Å². The van der Waals surface area contributed by atoms with E-state index in [0.717, 1.165) is 6.08 Å². The fourth-order valence-corrected chi connectivity index (χ4v) is 0.864. The van der Waals surface area contributed by atoms with Gasteiger partial charge in [-0.05, 0) is 0 Å². The lowest BCUT2D eigenvalue weighted by Crippen LogP contribution is -2.41. The molecule has 0 aromatic carbocycles. The van der Waals surface area contributed by atoms with Crippen molar-refractivity contribution in [1.82, 2.24) is 0 Å². The van der Waals surface area contributed by atoms with Crippen LogP contribution in [0.25, 0.3) is 0 Å². The summed E-state index contributed by atoms with van der Waals surface area (Å²) in [6.07, 6.45) is -1.68. The van der Waals surface area contributed by atoms with Gasteiger partial charge in [0.15, 0.2) is 0 Å². The molecular weight excluding hydrogens is 183 g/mol. The van der Waals surface area contributed by atoms with Crippen molar-refractivity contribution in [1.29, 1.82) is 0 Å². The molecule has 0 aromatic heterocycles. The SMILES string of the molecule is C[N+]1(C)C=CC(C(F)(F)F)=CC1=O. The number of allylic oxidation sites excluding steroid dienone is 2. The van der Waals surface area contributed by atoms with Gasteiger partial charge in [-0.15, -0.1) is 0 Å². The Balaban J connectivity index is 3.00. The first-order chi connectivity index (χ1) is 5.73. The Hall–Kier alpha value is -1.10. The van der Waals surface area contributed by atoms with Crippen LogP contribution in [0, 0.1) is 0 Å². The molecule has 1 heterocycles. The standard InChI is InChI=1S/C8H9F3NO/c1-12(2)4-3-6(5-7(12)13)8(9,10)11/h3-5H,1-2H3/q+1. The zero-order chi connectivity index (χ0) is 10.3. The highest BCUT2D eigenvalue weighted by molar-refractivity contribution is 5.84. The second kappa shape index (κ2) is 2.70. The highest BCUT2D eigenvalue weighted by Gasteiger charge is 2.38. The first kappa shape index (κ1) is 9.98. The number of alkyl halides is 3. The molecule has 1 amide bonds. The van der Waals surface area contributed by atoms with Crippen molar-refractivity contribution in [2.75, 3.05) is 14.1 Å². The van der Waals surface area contributed by atoms with E-state index < -0.39 is 17.7 Å². The van der Waals surface area contributed by atoms with Crippen LogP contribution in [0.3, 0.4) is 0 Å². The fraction of sp³-hybridized carbons (Fsp3) is 0.375. The van der Waals surface area contributed by atoms with Crippen molar-refractivity contribution in [3.05, 3.63) is 23.9 Å². The monoisotopic (exact) mass is 192 g/mol. The van der Waals surface area contributed by atoms with Gasteiger partial charge in [0.1, 0.15) is 6.20 Å². The Labute approximate surface area is 73.5 Å². The summed E-state index contributed by atoms with van der Waals surface area (Å²) in [6.45, 7) is 0. The molecule has 5 heteroatoms. The van der Waals surface area contributed by atoms with E-state index in [-0.39, 0.29) is 4.48 Å². The number of quaternary nitrogens is 1. The summed E-state index contributed by atoms with van der Waals surface area (Å²) in [6, 6.07) is 0. The summed E-state index contributed by atoms with van der Waals surface area (Å²) in [4.78, 5) is 11.1. The third-order valence-electron chi connectivity index (χ3n) is 1.80. The van der Waals surface area contributed by atoms with Crippen molar-refractivity contribution in [2.24, 2.45) is 0 Å². The summed E-state index contributed by atoms with van der Waals surface area (Å²) in [7, 11) is 3.03. The summed E-state index contributed by atoms with van der Waals surface area (Å²) in [5, 5.41) is 0. The predicted octanol–water partition coefficient (Wildman–Crippen LogP) is 1.61. The van der Waals surface area contributed by atoms with Gasteiger partial charge in [-0.3, -0.25) is 0 Å². The van der Waals surface area contributed by atoms with E-state index in [9.17, 15) is 18.0 Å². The van der Waals surface area contributed by atoms with E-state index in [1.807, 2.05) is 0 Å². The Morgan fingerprint density at radius 2 is 1.85 bits per heavy atom. The lowest BCUT2D eigenvalue weighted by Gasteiger charge is -2.23. The van der Waals surface area contributed by atoms with Crippen LogP contribution in [-0.2, 0) is 4.79 Å². The Morgan fingerprint density at radius 3 is 2.23 bits per heavy atom. The molecule has 0 saturated heterocycles. The number of nitrogens with zero attached hydrogens (tertiary/aromatic N) is 1. The van der Waals surface area contributed by atoms with Gasteiger partial charge in [0.05, 0.1) is 25.7 Å². The van der Waals surface area contributed by atoms with Gasteiger partial charge in [-0.25, -0.2) is 9.28 Å². The number of carbonyl (C=O) groups is 1. The Kier molecular flexibility index (Phi) is 2.07. The first-order valence-corrected chi connectivity index (χ1v) is 3.60. The van der Waals surface area contributed by atoms with E-state index in [1.54, 1.807) is 0 Å². The Morgan fingerprint density at radius 1 is 1.31 bits per heavy atom. The zero-order valence-electron chi connectivity index (χ0n) is 7.22. The molecule has 0 N–H and O–H groups in total. The molecule has 2 nitrogen and oxygen atoms in total. The molecule has 0 unspecified atom stereocenters. The fourth-order valence-electron chi connectivity index (χ4n) is 0.864. The number of amides is 1. The highest BCUT2D eigenvalue weighted by Crippen LogP contribution is 2.29. The van der Waals surface area contributed by atoms with Gasteiger partial charge in [-0.2, -0.15) is 13.2 Å². The number of carbonyl (C=O) groups excluding carboxylic acids is 1. The number of hydrogen-bond donors (Lipinski definition) is 0. The smallest absolute Gasteiger partial charge is 0.235 e. The molecule has 0 aromatic rings. The first-order valence-electron chi connectivity index (χ1n) is 3.60. The van der Waals surface area contributed by atoms with Crippen LogP contribution in [0.4, 0.5) is 13.2 Å². The molecule has 0 aliphatic carbocycles. The maximum Gasteiger partial charge on any atom is 0.416 e. The molecule has 1 aliphatic rings. The molecule has 1 aliphatic heterocycles. The lowest BCUT2D eigenvalue weighted by atomic mass is 10.1. The maximum atomic E-state index is 12.1. The average Bonchev–Trinajstić information content (AvgIpc) is 1.92. The summed E-state index contributed by atoms with van der Waals surface area (Å²) >= 11 is 0. The number of hydrogen-bond acceptors (Lipinski definition) is 1. The third-order valence-corrected chi connectivity index (χ3v) is 1.80. The van der Waals surface area contributed by atoms with Crippen molar-refractivity contribution >= 4 is 5.91 Å². The predicted molar refractivity (Wildman–Crippen MR) is 40.4 cm³/mol. The van der Waals surface area contributed by atoms with Gasteiger partial charge in [0.2, 0.25) is 0 Å². The average molecular weight is 192 g/mol. The van der Waals surface area contributed by atoms with Crippen molar-refractivity contribution in [3.63, 3.8) is 0 Å². The van der Waals surface area contributed by atoms with Gasteiger partial charge < -0.3 is 0 Å². The maximum absolute atomic E-state index is 12.1. The van der Waals surface area contributed by atoms with Crippen LogP contribution in [0.15, 0.2) is 23.9 Å². The number of likely N-dealkylation sites (N-methyl/N-ethyl adjacent to an activating group) is 1. The van der Waals surface area contributed by atoms with E-state index >= 15 is 0 Å². The van der Waals surface area contributed by atoms with Crippen LogP contribution in [-0.4, -0.2) is 30.7 Å². The van der Waals surface area contributed by atoms with E-state index in [0.29, 0.717) is 6.08 Å². The number of rotatable bonds is 0. The van der Waals surface area contributed by atoms with Crippen LogP contribution in [0.2, 0.25) is 0 Å². The molecule has 13 heavy (non-hydrogen) atoms. The molecule has 0 radical (unpaired) electrons. The van der Waals surface area contributed by atoms with Gasteiger partial charge in [0, 0.05) is 6.08 Å². The van der Waals surface area contributed by atoms with Crippen LogP contribution in [0.5, 0.6) is 0 Å². The second-order valence-electron chi connectivity index (χ2n) is 3.29. The third kappa shape index (κ3) is 1.98. The molecule has 1 rings (SSSR count). The molecule has 72 valence electrons. The van der Waals surface area contributed by atoms with Crippen LogP contribution >= 0.6 is 0 Å². The minimum atomic E-state index is -4.44. The van der Waals surface area contributed by atoms with Crippen molar-refractivity contribution in [3.8, 4) is 0 Å². The molecule has 0 atom stereocenters. The normalized spacial score (nSPS) is 21.6. The van der Waals surface area contributed by atoms with E-state index in [1.165, 1.54) is 20.3 Å². The van der Waals surface area contributed by atoms with Gasteiger partial charge in [0.25, 0.3) is 0 Å². The summed E-state index contributed by atoms with van der Waals surface area (Å²) in [5.74, 6) is -0.574. The summed E-state index contributed by atoms with van der Waals surface area (Å²) in [5.41, 5.74) is -0.894. The largest absolute Gasteiger partial charge is 0.416 e. The minimum absolute atomic E-state index is 0.181. The number of halogens is 3. The Bertz CT molecular complexity index is 299. The van der Waals surface area contributed by atoms with Crippen LogP contribution < -0.4 is 0 Å². The topological polar surface area (TPSA) is 17.1 Å². The van der Waals surface area contributed by atoms with Gasteiger partial charge >= 0.3 is 12.1 Å². The molecule has 0 spiro atoms. The molecule has 0 bridgehead atoms. The lowest BCUT2D eigenvalue weighted by molar-refractivity contribution is -0.756. The van der Waals surface area contributed by atoms with Gasteiger partial charge in [-0.1, -0.05) is 0 Å². The van der Waals surface area contributed by atoms with E-state index in [2.05, 4.69) is 0 Å². The molecule has 0 saturated carbocycles. The van der Waals surface area contributed by atoms with Crippen molar-refractivity contribution < 1.29 is 22.4 Å². The second-order valence-corrected chi connectivity index (χ2v) is 3.29. The molecular formula is C8H9F3NO+. The summed E-state index contributed by atoms with van der Waals surface area (Å²) < 4.78 is 36.1. The highest BCUT2D eigenvalue weighted by atomic mass is 19.4. The van der Waals surface area contributed by atoms with Crippen LogP contribution in [0.1, 0.15) is 0 Å². The quantitative estimate of drug-likeness (QED) is 0.533. The zero-order valence-corrected chi connectivity index (χ0v) is 7.22. The van der Waals surface area contributed by atoms with E-state index in [4.69, 9.17) is 0 Å². The minimum Gasteiger partial charge on any atom is -0.235 e.